The van der Waals surface area contributed by atoms with Gasteiger partial charge in [0.15, 0.2) is 5.75 Å². The zero-order chi connectivity index (χ0) is 15.0. The van der Waals surface area contributed by atoms with Crippen molar-refractivity contribution in [2.24, 2.45) is 14.1 Å². The van der Waals surface area contributed by atoms with E-state index in [1.807, 2.05) is 42.6 Å². The van der Waals surface area contributed by atoms with Gasteiger partial charge >= 0.3 is 0 Å². The lowest BCUT2D eigenvalue weighted by Crippen LogP contribution is -2.22. The lowest BCUT2D eigenvalue weighted by atomic mass is 10.1. The molecule has 1 atom stereocenters. The third-order valence-corrected chi connectivity index (χ3v) is 3.79. The second-order valence-corrected chi connectivity index (χ2v) is 4.97. The summed E-state index contributed by atoms with van der Waals surface area (Å²) in [5, 5.41) is 13.4. The van der Waals surface area contributed by atoms with Crippen LogP contribution in [0, 0.1) is 0 Å². The van der Waals surface area contributed by atoms with Crippen molar-refractivity contribution >= 4 is 10.9 Å². The molecule has 0 radical (unpaired) electrons. The minimum Gasteiger partial charge on any atom is -0.493 e. The van der Waals surface area contributed by atoms with Gasteiger partial charge in [-0.25, -0.2) is 0 Å². The zero-order valence-electron chi connectivity index (χ0n) is 12.7. The van der Waals surface area contributed by atoms with E-state index in [1.54, 1.807) is 13.3 Å². The molecule has 0 fully saturated rings. The number of benzene rings is 1. The van der Waals surface area contributed by atoms with Crippen molar-refractivity contribution in [1.82, 2.24) is 24.9 Å². The molecule has 1 aromatic carbocycles. The molecule has 6 heteroatoms. The van der Waals surface area contributed by atoms with Crippen LogP contribution in [0.1, 0.15) is 17.4 Å². The molecule has 2 aromatic heterocycles. The monoisotopic (exact) mass is 285 g/mol. The van der Waals surface area contributed by atoms with Gasteiger partial charge < -0.3 is 10.1 Å². The Balaban J connectivity index is 2.21. The molecule has 3 rings (SSSR count). The van der Waals surface area contributed by atoms with Gasteiger partial charge in [0.1, 0.15) is 5.69 Å². The molecule has 0 amide bonds. The Hall–Kier alpha value is -2.34. The molecular formula is C15H19N5O. The first kappa shape index (κ1) is 13.6. The first-order valence-electron chi connectivity index (χ1n) is 6.82. The van der Waals surface area contributed by atoms with E-state index in [2.05, 4.69) is 22.5 Å². The topological polar surface area (TPSA) is 56.9 Å². The van der Waals surface area contributed by atoms with Crippen LogP contribution in [0.2, 0.25) is 0 Å². The molecule has 6 nitrogen and oxygen atoms in total. The highest BCUT2D eigenvalue weighted by Crippen LogP contribution is 2.32. The van der Waals surface area contributed by atoms with Gasteiger partial charge in [0.25, 0.3) is 0 Å². The summed E-state index contributed by atoms with van der Waals surface area (Å²) in [5.74, 6) is 0.756. The van der Waals surface area contributed by atoms with E-state index in [9.17, 15) is 0 Å². The Bertz CT molecular complexity index is 774. The number of methoxy groups -OCH3 is 1. The van der Waals surface area contributed by atoms with Gasteiger partial charge in [0, 0.05) is 19.5 Å². The predicted octanol–water partition coefficient (Wildman–Crippen LogP) is 1.62. The van der Waals surface area contributed by atoms with Gasteiger partial charge in [-0.15, -0.1) is 0 Å². The van der Waals surface area contributed by atoms with E-state index in [0.29, 0.717) is 0 Å². The van der Waals surface area contributed by atoms with Crippen LogP contribution >= 0.6 is 0 Å². The molecule has 21 heavy (non-hydrogen) atoms. The number of fused-ring (bicyclic) bond motifs is 1. The Morgan fingerprint density at radius 1 is 1.19 bits per heavy atom. The van der Waals surface area contributed by atoms with E-state index in [0.717, 1.165) is 28.0 Å². The minimum absolute atomic E-state index is 0.0847. The largest absolute Gasteiger partial charge is 0.493 e. The quantitative estimate of drug-likeness (QED) is 0.791. The van der Waals surface area contributed by atoms with Gasteiger partial charge in [-0.1, -0.05) is 18.2 Å². The summed E-state index contributed by atoms with van der Waals surface area (Å²) in [6.45, 7) is 0. The SMILES string of the molecule is CNC(c1nn(C)c2ccccc12)c1c(OC)cnn1C. The lowest BCUT2D eigenvalue weighted by Gasteiger charge is -2.16. The number of ether oxygens (including phenoxy) is 1. The van der Waals surface area contributed by atoms with Crippen molar-refractivity contribution in [3.8, 4) is 5.75 Å². The molecule has 3 aromatic rings. The van der Waals surface area contributed by atoms with Crippen LogP contribution in [0.25, 0.3) is 10.9 Å². The van der Waals surface area contributed by atoms with Crippen molar-refractivity contribution in [2.75, 3.05) is 14.2 Å². The lowest BCUT2D eigenvalue weighted by molar-refractivity contribution is 0.402. The molecule has 2 heterocycles. The average molecular weight is 285 g/mol. The van der Waals surface area contributed by atoms with E-state index in [1.165, 1.54) is 0 Å². The van der Waals surface area contributed by atoms with Gasteiger partial charge in [0.2, 0.25) is 0 Å². The van der Waals surface area contributed by atoms with Gasteiger partial charge in [-0.05, 0) is 13.1 Å². The van der Waals surface area contributed by atoms with E-state index in [4.69, 9.17) is 9.84 Å². The number of nitrogens with zero attached hydrogens (tertiary/aromatic N) is 4. The fourth-order valence-electron chi connectivity index (χ4n) is 2.77. The van der Waals surface area contributed by atoms with Crippen LogP contribution in [0.5, 0.6) is 5.75 Å². The Morgan fingerprint density at radius 3 is 2.67 bits per heavy atom. The number of rotatable bonds is 4. The van der Waals surface area contributed by atoms with Gasteiger partial charge in [-0.2, -0.15) is 10.2 Å². The smallest absolute Gasteiger partial charge is 0.161 e. The summed E-state index contributed by atoms with van der Waals surface area (Å²) in [5.41, 5.74) is 3.04. The van der Waals surface area contributed by atoms with E-state index >= 15 is 0 Å². The van der Waals surface area contributed by atoms with E-state index < -0.39 is 0 Å². The normalized spacial score (nSPS) is 12.8. The van der Waals surface area contributed by atoms with Crippen molar-refractivity contribution in [2.45, 2.75) is 6.04 Å². The minimum atomic E-state index is -0.0847. The Labute approximate surface area is 123 Å². The maximum absolute atomic E-state index is 5.43. The fraction of sp³-hybridized carbons (Fsp3) is 0.333. The summed E-state index contributed by atoms with van der Waals surface area (Å²) in [6.07, 6.45) is 1.73. The zero-order valence-corrected chi connectivity index (χ0v) is 12.7. The van der Waals surface area contributed by atoms with Gasteiger partial charge in [0.05, 0.1) is 30.6 Å². The summed E-state index contributed by atoms with van der Waals surface area (Å²) in [4.78, 5) is 0. The highest BCUT2D eigenvalue weighted by molar-refractivity contribution is 5.82. The second-order valence-electron chi connectivity index (χ2n) is 4.97. The predicted molar refractivity (Wildman–Crippen MR) is 81.4 cm³/mol. The van der Waals surface area contributed by atoms with Crippen molar-refractivity contribution < 1.29 is 4.74 Å². The number of aryl methyl sites for hydroxylation is 2. The second kappa shape index (κ2) is 5.21. The van der Waals surface area contributed by atoms with Crippen LogP contribution in [0.15, 0.2) is 30.5 Å². The fourth-order valence-corrected chi connectivity index (χ4v) is 2.77. The standard InChI is InChI=1S/C15H19N5O/c1-16-14(15-12(21-4)9-17-20(15)3)13-10-7-5-6-8-11(10)19(2)18-13/h5-9,14,16H,1-4H3. The number of para-hydroxylation sites is 1. The molecule has 0 saturated carbocycles. The van der Waals surface area contributed by atoms with Crippen molar-refractivity contribution in [3.05, 3.63) is 41.9 Å². The molecule has 110 valence electrons. The molecule has 0 aliphatic heterocycles. The van der Waals surface area contributed by atoms with Crippen LogP contribution in [0.4, 0.5) is 0 Å². The van der Waals surface area contributed by atoms with Crippen LogP contribution in [0.3, 0.4) is 0 Å². The maximum Gasteiger partial charge on any atom is 0.161 e. The number of aromatic nitrogens is 4. The highest BCUT2D eigenvalue weighted by atomic mass is 16.5. The molecule has 0 bridgehead atoms. The number of nitrogens with one attached hydrogen (secondary N) is 1. The third kappa shape index (κ3) is 2.08. The highest BCUT2D eigenvalue weighted by Gasteiger charge is 2.25. The average Bonchev–Trinajstić information content (AvgIpc) is 3.03. The summed E-state index contributed by atoms with van der Waals surface area (Å²) < 4.78 is 9.15. The summed E-state index contributed by atoms with van der Waals surface area (Å²) in [7, 11) is 7.44. The molecule has 0 spiro atoms. The first-order chi connectivity index (χ1) is 10.2. The molecule has 0 aliphatic rings. The van der Waals surface area contributed by atoms with Crippen molar-refractivity contribution in [1.29, 1.82) is 0 Å². The molecule has 0 aliphatic carbocycles. The molecule has 0 saturated heterocycles. The van der Waals surface area contributed by atoms with Crippen LogP contribution in [-0.4, -0.2) is 33.7 Å². The van der Waals surface area contributed by atoms with E-state index in [-0.39, 0.29) is 6.04 Å². The maximum atomic E-state index is 5.43. The molecule has 1 N–H and O–H groups in total. The van der Waals surface area contributed by atoms with Gasteiger partial charge in [-0.3, -0.25) is 9.36 Å². The summed E-state index contributed by atoms with van der Waals surface area (Å²) >= 11 is 0. The molecular weight excluding hydrogens is 266 g/mol. The molecule has 1 unspecified atom stereocenters. The Morgan fingerprint density at radius 2 is 1.95 bits per heavy atom. The third-order valence-electron chi connectivity index (χ3n) is 3.79. The summed E-state index contributed by atoms with van der Waals surface area (Å²) in [6, 6.07) is 8.12. The number of hydrogen-bond acceptors (Lipinski definition) is 4. The number of hydrogen-bond donors (Lipinski definition) is 1. The first-order valence-corrected chi connectivity index (χ1v) is 6.82. The van der Waals surface area contributed by atoms with Crippen LogP contribution < -0.4 is 10.1 Å². The Kier molecular flexibility index (Phi) is 3.39. The van der Waals surface area contributed by atoms with Crippen molar-refractivity contribution in [3.63, 3.8) is 0 Å². The van der Waals surface area contributed by atoms with Crippen LogP contribution in [-0.2, 0) is 14.1 Å².